The first-order valence-corrected chi connectivity index (χ1v) is 10.6. The number of aryl methyl sites for hydroxylation is 1. The van der Waals surface area contributed by atoms with Crippen molar-refractivity contribution in [1.29, 1.82) is 0 Å². The molecular weight excluding hydrogens is 352 g/mol. The third-order valence-electron chi connectivity index (χ3n) is 6.04. The molecule has 28 heavy (non-hydrogen) atoms. The third-order valence-corrected chi connectivity index (χ3v) is 6.04. The number of nitrogens with zero attached hydrogens (tertiary/aromatic N) is 4. The molecule has 0 N–H and O–H groups in total. The topological polar surface area (TPSA) is 58.6 Å². The number of fused-ring (bicyclic) bond motifs is 1. The van der Waals surface area contributed by atoms with E-state index in [0.717, 1.165) is 42.8 Å². The van der Waals surface area contributed by atoms with Crippen molar-refractivity contribution in [3.05, 3.63) is 23.4 Å². The number of methoxy groups -OCH3 is 1. The van der Waals surface area contributed by atoms with Gasteiger partial charge in [-0.15, -0.1) is 0 Å². The van der Waals surface area contributed by atoms with Crippen LogP contribution in [-0.4, -0.2) is 49.5 Å². The Labute approximate surface area is 166 Å². The van der Waals surface area contributed by atoms with Crippen LogP contribution < -0.4 is 9.80 Å². The van der Waals surface area contributed by atoms with Crippen molar-refractivity contribution in [3.63, 3.8) is 0 Å². The fourth-order valence-corrected chi connectivity index (χ4v) is 4.53. The maximum atomic E-state index is 12.7. The van der Waals surface area contributed by atoms with Crippen molar-refractivity contribution in [2.24, 2.45) is 0 Å². The molecule has 2 aromatic rings. The normalized spacial score (nSPS) is 17.8. The molecule has 0 spiro atoms. The fourth-order valence-electron chi connectivity index (χ4n) is 4.53. The third kappa shape index (κ3) is 3.52. The van der Waals surface area contributed by atoms with Crippen LogP contribution in [0.4, 0.5) is 11.4 Å². The van der Waals surface area contributed by atoms with Gasteiger partial charge in [-0.1, -0.05) is 6.92 Å². The van der Waals surface area contributed by atoms with Gasteiger partial charge in [0, 0.05) is 42.9 Å². The van der Waals surface area contributed by atoms with Gasteiger partial charge in [-0.3, -0.25) is 0 Å². The number of anilines is 2. The van der Waals surface area contributed by atoms with Crippen LogP contribution in [-0.2, 0) is 11.2 Å². The number of carbonyl (C=O) groups excluding carboxylic acids is 1. The highest BCUT2D eigenvalue weighted by Gasteiger charge is 2.25. The molecule has 3 heterocycles. The second-order valence-electron chi connectivity index (χ2n) is 7.82. The largest absolute Gasteiger partial charge is 0.465 e. The van der Waals surface area contributed by atoms with Gasteiger partial charge in [0.2, 0.25) is 0 Å². The molecule has 2 saturated heterocycles. The van der Waals surface area contributed by atoms with Gasteiger partial charge in [0.1, 0.15) is 0 Å². The Kier molecular flexibility index (Phi) is 5.64. The van der Waals surface area contributed by atoms with E-state index < -0.39 is 0 Å². The molecule has 0 aliphatic carbocycles. The Bertz CT molecular complexity index is 855. The van der Waals surface area contributed by atoms with Crippen LogP contribution in [0.15, 0.2) is 12.1 Å². The van der Waals surface area contributed by atoms with E-state index in [2.05, 4.69) is 32.1 Å². The molecular formula is C22H30N4O2. The summed E-state index contributed by atoms with van der Waals surface area (Å²) in [6.07, 6.45) is 8.04. The van der Waals surface area contributed by atoms with Gasteiger partial charge < -0.3 is 14.5 Å². The van der Waals surface area contributed by atoms with E-state index in [0.29, 0.717) is 17.7 Å². The first-order chi connectivity index (χ1) is 13.7. The van der Waals surface area contributed by atoms with Crippen LogP contribution in [0.1, 0.15) is 61.5 Å². The summed E-state index contributed by atoms with van der Waals surface area (Å²) in [6, 6.07) is 4.37. The number of ether oxygens (including phenoxy) is 1. The quantitative estimate of drug-likeness (QED) is 0.746. The molecule has 0 saturated carbocycles. The number of piperidine rings is 2. The van der Waals surface area contributed by atoms with Gasteiger partial charge in [-0.2, -0.15) is 10.2 Å². The Balaban J connectivity index is 1.93. The summed E-state index contributed by atoms with van der Waals surface area (Å²) < 4.78 is 5.14. The maximum absolute atomic E-state index is 12.7. The van der Waals surface area contributed by atoms with Crippen LogP contribution in [0.3, 0.4) is 0 Å². The lowest BCUT2D eigenvalue weighted by atomic mass is 10.00. The van der Waals surface area contributed by atoms with Crippen molar-refractivity contribution < 1.29 is 9.53 Å². The molecule has 1 aromatic heterocycles. The van der Waals surface area contributed by atoms with Gasteiger partial charge in [-0.25, -0.2) is 4.79 Å². The standard InChI is InChI=1S/C22H30N4O2/c1-3-17-21(22(27)28-2)20-18(24-23-17)14-16(25-10-6-4-7-11-25)15-19(20)26-12-8-5-9-13-26/h14-15H,3-13H2,1-2H3. The van der Waals surface area contributed by atoms with E-state index in [1.165, 1.54) is 51.3 Å². The van der Waals surface area contributed by atoms with Crippen molar-refractivity contribution in [2.45, 2.75) is 51.9 Å². The highest BCUT2D eigenvalue weighted by Crippen LogP contribution is 2.37. The molecule has 150 valence electrons. The minimum atomic E-state index is -0.319. The Morgan fingerprint density at radius 1 is 0.964 bits per heavy atom. The smallest absolute Gasteiger partial charge is 0.340 e. The summed E-state index contributed by atoms with van der Waals surface area (Å²) in [5, 5.41) is 9.81. The summed E-state index contributed by atoms with van der Waals surface area (Å²) >= 11 is 0. The fraction of sp³-hybridized carbons (Fsp3) is 0.591. The molecule has 0 radical (unpaired) electrons. The van der Waals surface area contributed by atoms with E-state index in [-0.39, 0.29) is 5.97 Å². The molecule has 0 bridgehead atoms. The zero-order valence-electron chi connectivity index (χ0n) is 17.0. The lowest BCUT2D eigenvalue weighted by Gasteiger charge is -2.33. The van der Waals surface area contributed by atoms with E-state index >= 15 is 0 Å². The molecule has 4 rings (SSSR count). The summed E-state index contributed by atoms with van der Waals surface area (Å²) in [6.45, 7) is 6.20. The van der Waals surface area contributed by atoms with Crippen molar-refractivity contribution in [2.75, 3.05) is 43.1 Å². The number of rotatable bonds is 4. The van der Waals surface area contributed by atoms with Crippen LogP contribution >= 0.6 is 0 Å². The molecule has 0 unspecified atom stereocenters. The summed E-state index contributed by atoms with van der Waals surface area (Å²) in [5.41, 5.74) is 4.40. The second kappa shape index (κ2) is 8.33. The number of esters is 1. The van der Waals surface area contributed by atoms with Gasteiger partial charge >= 0.3 is 5.97 Å². The highest BCUT2D eigenvalue weighted by molar-refractivity contribution is 6.10. The first kappa shape index (κ1) is 19.0. The Morgan fingerprint density at radius 3 is 2.21 bits per heavy atom. The number of benzene rings is 1. The minimum Gasteiger partial charge on any atom is -0.465 e. The van der Waals surface area contributed by atoms with E-state index in [1.54, 1.807) is 0 Å². The summed E-state index contributed by atoms with van der Waals surface area (Å²) in [5.74, 6) is -0.319. The molecule has 2 aliphatic heterocycles. The zero-order chi connectivity index (χ0) is 19.5. The maximum Gasteiger partial charge on any atom is 0.340 e. The Hall–Kier alpha value is -2.37. The van der Waals surface area contributed by atoms with Gasteiger partial charge in [-0.05, 0) is 57.1 Å². The molecule has 6 heteroatoms. The van der Waals surface area contributed by atoms with Crippen molar-refractivity contribution in [3.8, 4) is 0 Å². The molecule has 0 atom stereocenters. The van der Waals surface area contributed by atoms with Gasteiger partial charge in [0.15, 0.2) is 0 Å². The van der Waals surface area contributed by atoms with Crippen molar-refractivity contribution >= 4 is 28.2 Å². The lowest BCUT2D eigenvalue weighted by Crippen LogP contribution is -2.32. The number of carbonyl (C=O) groups is 1. The number of hydrogen-bond acceptors (Lipinski definition) is 6. The predicted molar refractivity (Wildman–Crippen MR) is 112 cm³/mol. The van der Waals surface area contributed by atoms with Crippen LogP contribution in [0.2, 0.25) is 0 Å². The summed E-state index contributed by atoms with van der Waals surface area (Å²) in [4.78, 5) is 17.6. The monoisotopic (exact) mass is 382 g/mol. The molecule has 1 aromatic carbocycles. The second-order valence-corrected chi connectivity index (χ2v) is 7.82. The number of aromatic nitrogens is 2. The zero-order valence-corrected chi connectivity index (χ0v) is 17.0. The first-order valence-electron chi connectivity index (χ1n) is 10.6. The molecule has 0 amide bonds. The highest BCUT2D eigenvalue weighted by atomic mass is 16.5. The molecule has 2 aliphatic rings. The van der Waals surface area contributed by atoms with Crippen LogP contribution in [0.25, 0.3) is 10.9 Å². The molecule has 6 nitrogen and oxygen atoms in total. The van der Waals surface area contributed by atoms with E-state index in [1.807, 2.05) is 6.92 Å². The average Bonchev–Trinajstić information content (AvgIpc) is 2.78. The summed E-state index contributed by atoms with van der Waals surface area (Å²) in [7, 11) is 1.44. The van der Waals surface area contributed by atoms with Gasteiger partial charge in [0.05, 0.1) is 23.9 Å². The van der Waals surface area contributed by atoms with Gasteiger partial charge in [0.25, 0.3) is 0 Å². The Morgan fingerprint density at radius 2 is 1.61 bits per heavy atom. The average molecular weight is 383 g/mol. The van der Waals surface area contributed by atoms with E-state index in [9.17, 15) is 4.79 Å². The SMILES string of the molecule is CCc1nnc2cc(N3CCCCC3)cc(N3CCCCC3)c2c1C(=O)OC. The van der Waals surface area contributed by atoms with Crippen LogP contribution in [0, 0.1) is 0 Å². The number of hydrogen-bond donors (Lipinski definition) is 0. The van der Waals surface area contributed by atoms with E-state index in [4.69, 9.17) is 4.74 Å². The van der Waals surface area contributed by atoms with Crippen molar-refractivity contribution in [1.82, 2.24) is 10.2 Å². The molecule has 2 fully saturated rings. The lowest BCUT2D eigenvalue weighted by molar-refractivity contribution is 0.0601. The van der Waals surface area contributed by atoms with Crippen LogP contribution in [0.5, 0.6) is 0 Å². The minimum absolute atomic E-state index is 0.319. The predicted octanol–water partition coefficient (Wildman–Crippen LogP) is 3.96.